The van der Waals surface area contributed by atoms with Gasteiger partial charge < -0.3 is 20.1 Å². The number of nitrogens with zero attached hydrogens (tertiary/aromatic N) is 1. The van der Waals surface area contributed by atoms with Gasteiger partial charge in [0.2, 0.25) is 0 Å². The Morgan fingerprint density at radius 1 is 0.966 bits per heavy atom. The van der Waals surface area contributed by atoms with E-state index in [-0.39, 0.29) is 5.91 Å². The summed E-state index contributed by atoms with van der Waals surface area (Å²) in [5, 5.41) is 6.10. The maximum Gasteiger partial charge on any atom is 0.269 e. The highest BCUT2D eigenvalue weighted by molar-refractivity contribution is 5.92. The van der Waals surface area contributed by atoms with Crippen molar-refractivity contribution < 1.29 is 14.3 Å². The minimum Gasteiger partial charge on any atom is -0.497 e. The Morgan fingerprint density at radius 3 is 2.34 bits per heavy atom. The minimum atomic E-state index is -0.228. The van der Waals surface area contributed by atoms with Gasteiger partial charge >= 0.3 is 0 Å². The maximum atomic E-state index is 12.2. The lowest BCUT2D eigenvalue weighted by Gasteiger charge is -2.09. The summed E-state index contributed by atoms with van der Waals surface area (Å²) in [5.74, 6) is 1.27. The molecule has 29 heavy (non-hydrogen) atoms. The number of carbonyl (C=O) groups excluding carboxylic acids is 1. The molecular weight excluding hydrogens is 366 g/mol. The molecule has 1 aromatic heterocycles. The zero-order valence-corrected chi connectivity index (χ0v) is 16.6. The largest absolute Gasteiger partial charge is 0.497 e. The van der Waals surface area contributed by atoms with Gasteiger partial charge in [-0.1, -0.05) is 29.8 Å². The number of methoxy groups -OCH3 is 1. The standard InChI is InChI=1S/C23H25N3O3/c1-17-3-5-18(6-4-17)15-25-19-7-12-22(26-16-19)23(27)24-13-14-29-21-10-8-20(28-2)9-11-21/h3-12,16,25H,13-15H2,1-2H3,(H,24,27). The van der Waals surface area contributed by atoms with Gasteiger partial charge in [-0.25, -0.2) is 4.98 Å². The van der Waals surface area contributed by atoms with Gasteiger partial charge in [0, 0.05) is 6.54 Å². The maximum absolute atomic E-state index is 12.2. The molecule has 0 spiro atoms. The molecule has 150 valence electrons. The number of anilines is 1. The fraction of sp³-hybridized carbons (Fsp3) is 0.217. The monoisotopic (exact) mass is 391 g/mol. The van der Waals surface area contributed by atoms with Gasteiger partial charge in [-0.3, -0.25) is 4.79 Å². The average molecular weight is 391 g/mol. The van der Waals surface area contributed by atoms with Crippen molar-refractivity contribution in [2.45, 2.75) is 13.5 Å². The lowest BCUT2D eigenvalue weighted by Crippen LogP contribution is -2.28. The summed E-state index contributed by atoms with van der Waals surface area (Å²) >= 11 is 0. The van der Waals surface area contributed by atoms with Crippen LogP contribution in [0.1, 0.15) is 21.6 Å². The van der Waals surface area contributed by atoms with Crippen molar-refractivity contribution in [3.05, 3.63) is 83.7 Å². The molecule has 2 N–H and O–H groups in total. The van der Waals surface area contributed by atoms with E-state index in [0.717, 1.165) is 17.2 Å². The van der Waals surface area contributed by atoms with Gasteiger partial charge in [-0.05, 0) is 48.9 Å². The predicted molar refractivity (Wildman–Crippen MR) is 114 cm³/mol. The first kappa shape index (κ1) is 20.2. The molecule has 3 rings (SSSR count). The molecule has 0 aliphatic rings. The lowest BCUT2D eigenvalue weighted by molar-refractivity contribution is 0.0942. The molecule has 0 radical (unpaired) electrons. The Balaban J connectivity index is 1.40. The number of nitrogens with one attached hydrogen (secondary N) is 2. The number of rotatable bonds is 9. The second kappa shape index (κ2) is 10.1. The van der Waals surface area contributed by atoms with Crippen LogP contribution in [-0.4, -0.2) is 31.2 Å². The van der Waals surface area contributed by atoms with Crippen LogP contribution in [0.25, 0.3) is 0 Å². The van der Waals surface area contributed by atoms with Crippen molar-refractivity contribution in [3.8, 4) is 11.5 Å². The molecule has 1 heterocycles. The minimum absolute atomic E-state index is 0.228. The molecular formula is C23H25N3O3. The van der Waals surface area contributed by atoms with Crippen LogP contribution >= 0.6 is 0 Å². The van der Waals surface area contributed by atoms with E-state index in [0.29, 0.717) is 25.4 Å². The van der Waals surface area contributed by atoms with Crippen molar-refractivity contribution in [1.29, 1.82) is 0 Å². The quantitative estimate of drug-likeness (QED) is 0.543. The number of ether oxygens (including phenoxy) is 2. The summed E-state index contributed by atoms with van der Waals surface area (Å²) in [5.41, 5.74) is 3.66. The molecule has 0 fully saturated rings. The van der Waals surface area contributed by atoms with E-state index in [1.165, 1.54) is 11.1 Å². The fourth-order valence-corrected chi connectivity index (χ4v) is 2.64. The Morgan fingerprint density at radius 2 is 1.69 bits per heavy atom. The van der Waals surface area contributed by atoms with Crippen molar-refractivity contribution in [2.24, 2.45) is 0 Å². The third-order valence-electron chi connectivity index (χ3n) is 4.33. The third kappa shape index (κ3) is 6.24. The number of aryl methyl sites for hydroxylation is 1. The third-order valence-corrected chi connectivity index (χ3v) is 4.33. The first-order valence-corrected chi connectivity index (χ1v) is 9.44. The second-order valence-corrected chi connectivity index (χ2v) is 6.55. The number of aromatic nitrogens is 1. The van der Waals surface area contributed by atoms with Crippen LogP contribution in [0, 0.1) is 6.92 Å². The van der Waals surface area contributed by atoms with Crippen LogP contribution in [0.15, 0.2) is 66.9 Å². The normalized spacial score (nSPS) is 10.3. The van der Waals surface area contributed by atoms with Crippen LogP contribution in [0.3, 0.4) is 0 Å². The van der Waals surface area contributed by atoms with Gasteiger partial charge in [0.1, 0.15) is 23.8 Å². The van der Waals surface area contributed by atoms with Crippen LogP contribution in [0.4, 0.5) is 5.69 Å². The summed E-state index contributed by atoms with van der Waals surface area (Å²) in [4.78, 5) is 16.4. The summed E-state index contributed by atoms with van der Waals surface area (Å²) in [6.07, 6.45) is 1.66. The Hall–Kier alpha value is -3.54. The van der Waals surface area contributed by atoms with Crippen LogP contribution < -0.4 is 20.1 Å². The molecule has 0 saturated heterocycles. The summed E-state index contributed by atoms with van der Waals surface area (Å²) in [6, 6.07) is 19.2. The molecule has 0 aliphatic heterocycles. The van der Waals surface area contributed by atoms with E-state index in [9.17, 15) is 4.79 Å². The topological polar surface area (TPSA) is 72.5 Å². The zero-order valence-electron chi connectivity index (χ0n) is 16.6. The molecule has 0 atom stereocenters. The number of amides is 1. The summed E-state index contributed by atoms with van der Waals surface area (Å²) in [6.45, 7) is 3.53. The van der Waals surface area contributed by atoms with Crippen molar-refractivity contribution >= 4 is 11.6 Å². The zero-order chi connectivity index (χ0) is 20.5. The van der Waals surface area contributed by atoms with Crippen LogP contribution in [0.5, 0.6) is 11.5 Å². The number of benzene rings is 2. The number of hydrogen-bond donors (Lipinski definition) is 2. The second-order valence-electron chi connectivity index (χ2n) is 6.55. The van der Waals surface area contributed by atoms with Gasteiger partial charge in [0.15, 0.2) is 0 Å². The molecule has 0 bridgehead atoms. The Kier molecular flexibility index (Phi) is 7.05. The Bertz CT molecular complexity index is 908. The first-order chi connectivity index (χ1) is 14.1. The Labute approximate surface area is 170 Å². The van der Waals surface area contributed by atoms with Gasteiger partial charge in [0.05, 0.1) is 25.5 Å². The number of pyridine rings is 1. The van der Waals surface area contributed by atoms with E-state index < -0.39 is 0 Å². The molecule has 6 heteroatoms. The highest BCUT2D eigenvalue weighted by Gasteiger charge is 2.06. The average Bonchev–Trinajstić information content (AvgIpc) is 2.77. The van der Waals surface area contributed by atoms with Gasteiger partial charge in [-0.2, -0.15) is 0 Å². The molecule has 0 unspecified atom stereocenters. The van der Waals surface area contributed by atoms with Gasteiger partial charge in [-0.15, -0.1) is 0 Å². The number of carbonyl (C=O) groups is 1. The van der Waals surface area contributed by atoms with Crippen molar-refractivity contribution in [3.63, 3.8) is 0 Å². The summed E-state index contributed by atoms with van der Waals surface area (Å²) in [7, 11) is 1.62. The molecule has 1 amide bonds. The van der Waals surface area contributed by atoms with Crippen LogP contribution in [-0.2, 0) is 6.54 Å². The fourth-order valence-electron chi connectivity index (χ4n) is 2.64. The summed E-state index contributed by atoms with van der Waals surface area (Å²) < 4.78 is 10.7. The van der Waals surface area contributed by atoms with E-state index >= 15 is 0 Å². The van der Waals surface area contributed by atoms with E-state index in [1.54, 1.807) is 19.4 Å². The number of hydrogen-bond acceptors (Lipinski definition) is 5. The SMILES string of the molecule is COc1ccc(OCCNC(=O)c2ccc(NCc3ccc(C)cc3)cn2)cc1. The molecule has 0 saturated carbocycles. The predicted octanol–water partition coefficient (Wildman–Crippen LogP) is 3.82. The lowest BCUT2D eigenvalue weighted by atomic mass is 10.1. The van der Waals surface area contributed by atoms with E-state index in [4.69, 9.17) is 9.47 Å². The smallest absolute Gasteiger partial charge is 0.269 e. The molecule has 6 nitrogen and oxygen atoms in total. The highest BCUT2D eigenvalue weighted by atomic mass is 16.5. The van der Waals surface area contributed by atoms with Gasteiger partial charge in [0.25, 0.3) is 5.91 Å². The van der Waals surface area contributed by atoms with Crippen LogP contribution in [0.2, 0.25) is 0 Å². The van der Waals surface area contributed by atoms with Crippen molar-refractivity contribution in [1.82, 2.24) is 10.3 Å². The van der Waals surface area contributed by atoms with E-state index in [1.807, 2.05) is 30.3 Å². The van der Waals surface area contributed by atoms with E-state index in [2.05, 4.69) is 46.8 Å². The molecule has 0 aliphatic carbocycles. The van der Waals surface area contributed by atoms with Crippen molar-refractivity contribution in [2.75, 3.05) is 25.6 Å². The highest BCUT2D eigenvalue weighted by Crippen LogP contribution is 2.16. The first-order valence-electron chi connectivity index (χ1n) is 9.44. The molecule has 3 aromatic rings. The molecule has 2 aromatic carbocycles.